The number of anilines is 2. The Labute approximate surface area is 270 Å². The zero-order valence-electron chi connectivity index (χ0n) is 26.4. The Hall–Kier alpha value is -3.35. The third-order valence-corrected chi connectivity index (χ3v) is 8.87. The Morgan fingerprint density at radius 2 is 1.57 bits per heavy atom. The van der Waals surface area contributed by atoms with E-state index < -0.39 is 29.5 Å². The second kappa shape index (κ2) is 15.5. The van der Waals surface area contributed by atoms with E-state index in [0.717, 1.165) is 48.5 Å². The average molecular weight is 671 g/mol. The lowest BCUT2D eigenvalue weighted by Crippen LogP contribution is -2.32. The number of alkyl halides is 6. The van der Waals surface area contributed by atoms with E-state index in [1.54, 1.807) is 36.8 Å². The van der Waals surface area contributed by atoms with Crippen molar-refractivity contribution in [2.45, 2.75) is 64.5 Å². The van der Waals surface area contributed by atoms with Gasteiger partial charge in [-0.05, 0) is 74.3 Å². The average Bonchev–Trinajstić information content (AvgIpc) is 3.55. The van der Waals surface area contributed by atoms with E-state index in [2.05, 4.69) is 21.8 Å². The molecule has 0 N–H and O–H groups in total. The lowest BCUT2D eigenvalue weighted by Gasteiger charge is -2.34. The molecule has 0 bridgehead atoms. The normalized spacial score (nSPS) is 14.7. The summed E-state index contributed by atoms with van der Waals surface area (Å²) in [6.07, 6.45) is -0.444. The molecular formula is C33H40F6N4O2S. The molecule has 3 aromatic rings. The highest BCUT2D eigenvalue weighted by molar-refractivity contribution is 7.98. The number of aromatic nitrogens is 2. The topological polar surface area (TPSA) is 50.7 Å². The van der Waals surface area contributed by atoms with Crippen LogP contribution in [-0.4, -0.2) is 48.8 Å². The van der Waals surface area contributed by atoms with Crippen molar-refractivity contribution in [2.75, 3.05) is 48.6 Å². The van der Waals surface area contributed by atoms with Crippen LogP contribution in [0.5, 0.6) is 11.5 Å². The summed E-state index contributed by atoms with van der Waals surface area (Å²) in [7, 11) is 1.57. The van der Waals surface area contributed by atoms with Gasteiger partial charge in [0.15, 0.2) is 5.75 Å². The van der Waals surface area contributed by atoms with Crippen molar-refractivity contribution in [3.05, 3.63) is 71.0 Å². The molecule has 0 spiro atoms. The van der Waals surface area contributed by atoms with Gasteiger partial charge in [-0.25, -0.2) is 9.97 Å². The molecule has 2 aromatic carbocycles. The molecule has 4 rings (SSSR count). The molecular weight excluding hydrogens is 630 g/mol. The molecule has 1 fully saturated rings. The van der Waals surface area contributed by atoms with Gasteiger partial charge in [0.25, 0.3) is 0 Å². The van der Waals surface area contributed by atoms with Gasteiger partial charge in [0.05, 0.1) is 43.3 Å². The van der Waals surface area contributed by atoms with E-state index in [4.69, 9.17) is 9.47 Å². The van der Waals surface area contributed by atoms with Crippen molar-refractivity contribution in [1.82, 2.24) is 9.97 Å². The molecule has 0 radical (unpaired) electrons. The summed E-state index contributed by atoms with van der Waals surface area (Å²) in [4.78, 5) is 12.8. The first kappa shape index (κ1) is 35.5. The highest BCUT2D eigenvalue weighted by atomic mass is 32.2. The minimum Gasteiger partial charge on any atom is -0.497 e. The summed E-state index contributed by atoms with van der Waals surface area (Å²) in [6.45, 7) is 5.67. The monoisotopic (exact) mass is 670 g/mol. The second-order valence-corrected chi connectivity index (χ2v) is 12.4. The summed E-state index contributed by atoms with van der Waals surface area (Å²) in [6, 6.07) is 6.28. The van der Waals surface area contributed by atoms with Crippen molar-refractivity contribution < 1.29 is 35.8 Å². The number of nitrogens with zero attached hydrogens (tertiary/aromatic N) is 4. The molecule has 1 aliphatic carbocycles. The number of thioether (sulfide) groups is 1. The molecule has 46 heavy (non-hydrogen) atoms. The van der Waals surface area contributed by atoms with Crippen LogP contribution in [0.2, 0.25) is 0 Å². The number of rotatable bonds is 14. The van der Waals surface area contributed by atoms with Crippen LogP contribution < -0.4 is 19.3 Å². The molecule has 1 heterocycles. The maximum atomic E-state index is 13.8. The molecule has 252 valence electrons. The van der Waals surface area contributed by atoms with Crippen LogP contribution in [0.25, 0.3) is 0 Å². The van der Waals surface area contributed by atoms with Gasteiger partial charge in [0, 0.05) is 37.1 Å². The van der Waals surface area contributed by atoms with Crippen molar-refractivity contribution in [3.63, 3.8) is 0 Å². The predicted octanol–water partition coefficient (Wildman–Crippen LogP) is 9.05. The lowest BCUT2D eigenvalue weighted by molar-refractivity contribution is -0.143. The van der Waals surface area contributed by atoms with E-state index in [-0.39, 0.29) is 24.1 Å². The quantitative estimate of drug-likeness (QED) is 0.125. The molecule has 0 aliphatic heterocycles. The highest BCUT2D eigenvalue weighted by Crippen LogP contribution is 2.40. The Balaban J connectivity index is 1.79. The number of benzene rings is 2. The predicted molar refractivity (Wildman–Crippen MR) is 170 cm³/mol. The minimum absolute atomic E-state index is 0.103. The SMILES string of the molecule is CCN(CC1CCCC1)c1cc(OC)ccc1CN(c1ncc(OCCSC)cn1)C(C)c1cc(C(F)(F)F)cc(C(F)(F)F)c1. The maximum absolute atomic E-state index is 13.8. The Morgan fingerprint density at radius 3 is 2.11 bits per heavy atom. The molecule has 13 heteroatoms. The third-order valence-electron chi connectivity index (χ3n) is 8.30. The molecule has 0 saturated heterocycles. The number of methoxy groups -OCH3 is 1. The van der Waals surface area contributed by atoms with Crippen LogP contribution in [0.3, 0.4) is 0 Å². The van der Waals surface area contributed by atoms with Gasteiger partial charge < -0.3 is 19.3 Å². The summed E-state index contributed by atoms with van der Waals surface area (Å²) < 4.78 is 94.1. The van der Waals surface area contributed by atoms with Crippen LogP contribution in [0.1, 0.15) is 67.8 Å². The van der Waals surface area contributed by atoms with Crippen LogP contribution >= 0.6 is 11.8 Å². The Bertz CT molecular complexity index is 1380. The second-order valence-electron chi connectivity index (χ2n) is 11.4. The third kappa shape index (κ3) is 9.13. The number of halogens is 6. The fraction of sp³-hybridized carbons (Fsp3) is 0.515. The van der Waals surface area contributed by atoms with Gasteiger partial charge >= 0.3 is 12.4 Å². The van der Waals surface area contributed by atoms with Crippen molar-refractivity contribution in [3.8, 4) is 11.5 Å². The molecule has 1 unspecified atom stereocenters. The first-order valence-corrected chi connectivity index (χ1v) is 16.6. The van der Waals surface area contributed by atoms with Gasteiger partial charge in [-0.2, -0.15) is 38.1 Å². The highest BCUT2D eigenvalue weighted by Gasteiger charge is 2.38. The first-order chi connectivity index (χ1) is 21.8. The molecule has 6 nitrogen and oxygen atoms in total. The van der Waals surface area contributed by atoms with Crippen molar-refractivity contribution in [1.29, 1.82) is 0 Å². The van der Waals surface area contributed by atoms with Crippen LogP contribution in [0.15, 0.2) is 48.8 Å². The number of hydrogen-bond acceptors (Lipinski definition) is 7. The molecule has 0 amide bonds. The zero-order chi connectivity index (χ0) is 33.5. The van der Waals surface area contributed by atoms with Gasteiger partial charge in [-0.3, -0.25) is 0 Å². The first-order valence-electron chi connectivity index (χ1n) is 15.3. The minimum atomic E-state index is -4.97. The standard InChI is InChI=1S/C33H40F6N4O2S/c1-5-42(20-23-8-6-7-9-23)30-17-28(44-3)11-10-24(30)21-43(31-40-18-29(19-41-31)45-12-13-46-4)22(2)25-14-26(32(34,35)36)16-27(15-25)33(37,38)39/h10-11,14-19,22-23H,5-9,12-13,20-21H2,1-4H3. The Kier molecular flexibility index (Phi) is 12.0. The van der Waals surface area contributed by atoms with Gasteiger partial charge in [-0.15, -0.1) is 0 Å². The summed E-state index contributed by atoms with van der Waals surface area (Å²) in [5.41, 5.74) is -1.23. The van der Waals surface area contributed by atoms with Gasteiger partial charge in [-0.1, -0.05) is 18.9 Å². The summed E-state index contributed by atoms with van der Waals surface area (Å²) in [5.74, 6) is 2.46. The van der Waals surface area contributed by atoms with E-state index in [0.29, 0.717) is 30.6 Å². The van der Waals surface area contributed by atoms with Crippen molar-refractivity contribution in [2.24, 2.45) is 5.92 Å². The maximum Gasteiger partial charge on any atom is 0.416 e. The fourth-order valence-electron chi connectivity index (χ4n) is 5.74. The molecule has 1 atom stereocenters. The van der Waals surface area contributed by atoms with E-state index in [1.165, 1.54) is 25.2 Å². The summed E-state index contributed by atoms with van der Waals surface area (Å²) >= 11 is 1.61. The molecule has 1 aliphatic rings. The van der Waals surface area contributed by atoms with Crippen molar-refractivity contribution >= 4 is 23.4 Å². The number of hydrogen-bond donors (Lipinski definition) is 0. The number of ether oxygens (including phenoxy) is 2. The summed E-state index contributed by atoms with van der Waals surface area (Å²) in [5, 5.41) is 0. The Morgan fingerprint density at radius 1 is 0.935 bits per heavy atom. The van der Waals surface area contributed by atoms with E-state index in [9.17, 15) is 26.3 Å². The van der Waals surface area contributed by atoms with Gasteiger partial charge in [0.2, 0.25) is 5.95 Å². The largest absolute Gasteiger partial charge is 0.497 e. The molecule has 1 saturated carbocycles. The van der Waals surface area contributed by atoms with E-state index in [1.807, 2.05) is 18.4 Å². The zero-order valence-corrected chi connectivity index (χ0v) is 27.2. The van der Waals surface area contributed by atoms with Crippen LogP contribution in [-0.2, 0) is 18.9 Å². The van der Waals surface area contributed by atoms with Gasteiger partial charge in [0.1, 0.15) is 5.75 Å². The fourth-order valence-corrected chi connectivity index (χ4v) is 5.99. The van der Waals surface area contributed by atoms with E-state index >= 15 is 0 Å². The lowest BCUT2D eigenvalue weighted by atomic mass is 9.98. The van der Waals surface area contributed by atoms with Crippen LogP contribution in [0, 0.1) is 5.92 Å². The smallest absolute Gasteiger partial charge is 0.416 e. The molecule has 1 aromatic heterocycles. The van der Waals surface area contributed by atoms with Crippen LogP contribution in [0.4, 0.5) is 38.0 Å².